The Bertz CT molecular complexity index is 676. The van der Waals surface area contributed by atoms with Gasteiger partial charge in [0.25, 0.3) is 5.91 Å². The van der Waals surface area contributed by atoms with E-state index in [0.29, 0.717) is 20.6 Å². The third kappa shape index (κ3) is 3.83. The van der Waals surface area contributed by atoms with Crippen LogP contribution >= 0.6 is 27.5 Å². The lowest BCUT2D eigenvalue weighted by molar-refractivity contribution is -0.139. The zero-order valence-corrected chi connectivity index (χ0v) is 13.1. The minimum atomic E-state index is -1.13. The summed E-state index contributed by atoms with van der Waals surface area (Å²) in [7, 11) is 0. The maximum absolute atomic E-state index is 12.2. The highest BCUT2D eigenvalue weighted by molar-refractivity contribution is 9.10. The van der Waals surface area contributed by atoms with Gasteiger partial charge in [-0.1, -0.05) is 41.9 Å². The molecule has 2 N–H and O–H groups in total. The molecule has 0 radical (unpaired) electrons. The van der Waals surface area contributed by atoms with Crippen molar-refractivity contribution in [3.05, 3.63) is 69.2 Å². The van der Waals surface area contributed by atoms with E-state index in [1.807, 2.05) is 0 Å². The maximum Gasteiger partial charge on any atom is 0.330 e. The molecule has 2 aromatic rings. The minimum absolute atomic E-state index is 0.321. The van der Waals surface area contributed by atoms with E-state index in [9.17, 15) is 14.7 Å². The first-order valence-corrected chi connectivity index (χ1v) is 7.20. The molecule has 2 aromatic carbocycles. The van der Waals surface area contributed by atoms with Gasteiger partial charge in [-0.05, 0) is 39.7 Å². The van der Waals surface area contributed by atoms with E-state index in [4.69, 9.17) is 11.6 Å². The molecule has 0 aliphatic rings. The molecule has 6 heteroatoms. The van der Waals surface area contributed by atoms with Gasteiger partial charge < -0.3 is 10.4 Å². The number of hydrogen-bond acceptors (Lipinski definition) is 2. The average molecular weight is 369 g/mol. The molecule has 0 bridgehead atoms. The molecular formula is C15H11BrClNO3. The van der Waals surface area contributed by atoms with Crippen LogP contribution < -0.4 is 5.32 Å². The Morgan fingerprint density at radius 1 is 1.14 bits per heavy atom. The first-order valence-electron chi connectivity index (χ1n) is 6.02. The Labute approximate surface area is 134 Å². The lowest BCUT2D eigenvalue weighted by Gasteiger charge is -2.15. The SMILES string of the molecule is O=C(N[C@H](C(=O)O)c1ccccc1)c1ccc(Cl)cc1Br. The normalized spacial score (nSPS) is 11.7. The predicted octanol–water partition coefficient (Wildman–Crippen LogP) is 3.66. The molecule has 2 rings (SSSR count). The van der Waals surface area contributed by atoms with Crippen LogP contribution in [0.5, 0.6) is 0 Å². The molecule has 0 aliphatic heterocycles. The smallest absolute Gasteiger partial charge is 0.330 e. The fourth-order valence-electron chi connectivity index (χ4n) is 1.82. The number of halogens is 2. The van der Waals surface area contributed by atoms with Crippen molar-refractivity contribution < 1.29 is 14.7 Å². The molecule has 0 fully saturated rings. The van der Waals surface area contributed by atoms with Gasteiger partial charge in [0.2, 0.25) is 0 Å². The summed E-state index contributed by atoms with van der Waals surface area (Å²) in [4.78, 5) is 23.6. The summed E-state index contributed by atoms with van der Waals surface area (Å²) in [5.41, 5.74) is 0.824. The Balaban J connectivity index is 2.25. The Morgan fingerprint density at radius 2 is 1.81 bits per heavy atom. The van der Waals surface area contributed by atoms with Gasteiger partial charge in [0.1, 0.15) is 0 Å². The van der Waals surface area contributed by atoms with Crippen LogP contribution in [-0.2, 0) is 4.79 Å². The first kappa shape index (κ1) is 15.5. The lowest BCUT2D eigenvalue weighted by atomic mass is 10.1. The molecule has 1 atom stereocenters. The monoisotopic (exact) mass is 367 g/mol. The summed E-state index contributed by atoms with van der Waals surface area (Å²) < 4.78 is 0.504. The van der Waals surface area contributed by atoms with Crippen molar-refractivity contribution in [3.8, 4) is 0 Å². The summed E-state index contributed by atoms with van der Waals surface area (Å²) in [5, 5.41) is 12.3. The van der Waals surface area contributed by atoms with Gasteiger partial charge in [-0.3, -0.25) is 4.79 Å². The molecule has 108 valence electrons. The van der Waals surface area contributed by atoms with Crippen molar-refractivity contribution in [2.45, 2.75) is 6.04 Å². The number of benzene rings is 2. The van der Waals surface area contributed by atoms with Crippen LogP contribution in [0.3, 0.4) is 0 Å². The van der Waals surface area contributed by atoms with E-state index in [0.717, 1.165) is 0 Å². The fraction of sp³-hybridized carbons (Fsp3) is 0.0667. The minimum Gasteiger partial charge on any atom is -0.479 e. The molecule has 0 saturated carbocycles. The Kier molecular flexibility index (Phi) is 4.98. The van der Waals surface area contributed by atoms with E-state index in [-0.39, 0.29) is 0 Å². The summed E-state index contributed by atoms with van der Waals surface area (Å²) in [6.45, 7) is 0. The number of hydrogen-bond donors (Lipinski definition) is 2. The van der Waals surface area contributed by atoms with Gasteiger partial charge in [0.05, 0.1) is 5.56 Å². The van der Waals surface area contributed by atoms with Crippen molar-refractivity contribution in [2.75, 3.05) is 0 Å². The molecule has 0 heterocycles. The summed E-state index contributed by atoms with van der Waals surface area (Å²) in [5.74, 6) is -1.62. The van der Waals surface area contributed by atoms with Crippen molar-refractivity contribution in [2.24, 2.45) is 0 Å². The zero-order chi connectivity index (χ0) is 15.4. The van der Waals surface area contributed by atoms with E-state index in [2.05, 4.69) is 21.2 Å². The van der Waals surface area contributed by atoms with Crippen molar-refractivity contribution in [1.29, 1.82) is 0 Å². The van der Waals surface area contributed by atoms with Gasteiger partial charge in [-0.2, -0.15) is 0 Å². The molecule has 0 aromatic heterocycles. The average Bonchev–Trinajstić information content (AvgIpc) is 2.45. The van der Waals surface area contributed by atoms with Crippen LogP contribution in [0.4, 0.5) is 0 Å². The third-order valence-corrected chi connectivity index (χ3v) is 3.72. The standard InChI is InChI=1S/C15H11BrClNO3/c16-12-8-10(17)6-7-11(12)14(19)18-13(15(20)21)9-4-2-1-3-5-9/h1-8,13H,(H,18,19)(H,20,21)/t13-/m0/s1. The number of amides is 1. The fourth-order valence-corrected chi connectivity index (χ4v) is 2.68. The van der Waals surface area contributed by atoms with Gasteiger partial charge >= 0.3 is 5.97 Å². The van der Waals surface area contributed by atoms with Crippen molar-refractivity contribution >= 4 is 39.4 Å². The second-order valence-corrected chi connectivity index (χ2v) is 5.57. The Hall–Kier alpha value is -1.85. The predicted molar refractivity (Wildman–Crippen MR) is 83.4 cm³/mol. The summed E-state index contributed by atoms with van der Waals surface area (Å²) >= 11 is 9.06. The molecule has 21 heavy (non-hydrogen) atoms. The van der Waals surface area contributed by atoms with E-state index in [1.54, 1.807) is 42.5 Å². The zero-order valence-electron chi connectivity index (χ0n) is 10.7. The highest BCUT2D eigenvalue weighted by atomic mass is 79.9. The molecule has 0 spiro atoms. The summed E-state index contributed by atoms with van der Waals surface area (Å²) in [6, 6.07) is 12.1. The van der Waals surface area contributed by atoms with Crippen LogP contribution in [0.25, 0.3) is 0 Å². The van der Waals surface area contributed by atoms with Crippen LogP contribution in [0, 0.1) is 0 Å². The number of nitrogens with one attached hydrogen (secondary N) is 1. The van der Waals surface area contributed by atoms with E-state index >= 15 is 0 Å². The van der Waals surface area contributed by atoms with Crippen molar-refractivity contribution in [1.82, 2.24) is 5.32 Å². The van der Waals surface area contributed by atoms with Gasteiger partial charge in [-0.25, -0.2) is 4.79 Å². The number of rotatable bonds is 4. The number of carboxylic acids is 1. The molecule has 1 amide bonds. The topological polar surface area (TPSA) is 66.4 Å². The maximum atomic E-state index is 12.2. The van der Waals surface area contributed by atoms with Crippen molar-refractivity contribution in [3.63, 3.8) is 0 Å². The van der Waals surface area contributed by atoms with Gasteiger partial charge in [0.15, 0.2) is 6.04 Å². The molecule has 0 aliphatic carbocycles. The summed E-state index contributed by atoms with van der Waals surface area (Å²) in [6.07, 6.45) is 0. The van der Waals surface area contributed by atoms with Crippen LogP contribution in [0.2, 0.25) is 5.02 Å². The van der Waals surface area contributed by atoms with E-state index < -0.39 is 17.9 Å². The van der Waals surface area contributed by atoms with Gasteiger partial charge in [0, 0.05) is 9.50 Å². The number of carbonyl (C=O) groups excluding carboxylic acids is 1. The first-order chi connectivity index (χ1) is 9.99. The second-order valence-electron chi connectivity index (χ2n) is 4.28. The number of aliphatic carboxylic acids is 1. The second kappa shape index (κ2) is 6.74. The Morgan fingerprint density at radius 3 is 2.38 bits per heavy atom. The largest absolute Gasteiger partial charge is 0.479 e. The van der Waals surface area contributed by atoms with Crippen LogP contribution in [0.1, 0.15) is 22.0 Å². The van der Waals surface area contributed by atoms with E-state index in [1.165, 1.54) is 6.07 Å². The molecule has 0 saturated heterocycles. The van der Waals surface area contributed by atoms with Crippen LogP contribution in [0.15, 0.2) is 53.0 Å². The molecule has 4 nitrogen and oxygen atoms in total. The number of carbonyl (C=O) groups is 2. The highest BCUT2D eigenvalue weighted by Crippen LogP contribution is 2.22. The lowest BCUT2D eigenvalue weighted by Crippen LogP contribution is -2.33. The molecular weight excluding hydrogens is 358 g/mol. The molecule has 0 unspecified atom stereocenters. The quantitative estimate of drug-likeness (QED) is 0.865. The van der Waals surface area contributed by atoms with Gasteiger partial charge in [-0.15, -0.1) is 0 Å². The third-order valence-electron chi connectivity index (χ3n) is 2.83. The van der Waals surface area contributed by atoms with Crippen LogP contribution in [-0.4, -0.2) is 17.0 Å². The highest BCUT2D eigenvalue weighted by Gasteiger charge is 2.23. The number of carboxylic acid groups (broad SMARTS) is 1.